The Kier molecular flexibility index (Phi) is 3.48. The molecule has 0 fully saturated rings. The van der Waals surface area contributed by atoms with Crippen LogP contribution in [0.1, 0.15) is 17.0 Å². The molecule has 0 aliphatic rings. The monoisotopic (exact) mass is 332 g/mol. The van der Waals surface area contributed by atoms with Crippen LogP contribution in [0, 0.1) is 20.8 Å². The van der Waals surface area contributed by atoms with Crippen molar-refractivity contribution in [2.45, 2.75) is 25.7 Å². The molecule has 1 aromatic carbocycles. The second-order valence-electron chi connectivity index (χ2n) is 5.45. The number of H-pyrrole nitrogens is 2. The molecule has 0 radical (unpaired) electrons. The molecule has 0 bridgehead atoms. The number of anilines is 1. The summed E-state index contributed by atoms with van der Waals surface area (Å²) in [5.74, 6) is 0. The lowest BCUT2D eigenvalue weighted by Crippen LogP contribution is -2.15. The topological polar surface area (TPSA) is 108 Å². The number of aromatic nitrogens is 3. The van der Waals surface area contributed by atoms with Gasteiger partial charge in [-0.2, -0.15) is 5.10 Å². The Morgan fingerprint density at radius 3 is 2.52 bits per heavy atom. The third-order valence-electron chi connectivity index (χ3n) is 3.61. The summed E-state index contributed by atoms with van der Waals surface area (Å²) in [4.78, 5) is 14.6. The van der Waals surface area contributed by atoms with Crippen molar-refractivity contribution in [3.8, 4) is 0 Å². The highest BCUT2D eigenvalue weighted by molar-refractivity contribution is 7.92. The molecule has 3 aromatic rings. The zero-order valence-corrected chi connectivity index (χ0v) is 13.7. The van der Waals surface area contributed by atoms with Crippen molar-refractivity contribution in [3.05, 3.63) is 51.6 Å². The highest BCUT2D eigenvalue weighted by Gasteiger charge is 2.22. The Hall–Kier alpha value is -2.61. The molecule has 0 aliphatic heterocycles. The zero-order chi connectivity index (χ0) is 16.8. The van der Waals surface area contributed by atoms with E-state index >= 15 is 0 Å². The van der Waals surface area contributed by atoms with E-state index in [4.69, 9.17) is 0 Å². The largest absolute Gasteiger partial charge is 0.322 e. The van der Waals surface area contributed by atoms with Gasteiger partial charge in [-0.05, 0) is 44.4 Å². The van der Waals surface area contributed by atoms with E-state index in [1.54, 1.807) is 45.0 Å². The number of hydrogen-bond donors (Lipinski definition) is 3. The van der Waals surface area contributed by atoms with Gasteiger partial charge >= 0.3 is 0 Å². The molecule has 7 nitrogen and oxygen atoms in total. The SMILES string of the molecule is Cc1n[nH]c(C)c1S(=O)(=O)Nc1ccc2cc(C)c(=O)[nH]c2c1. The second kappa shape index (κ2) is 5.24. The van der Waals surface area contributed by atoms with Crippen LogP contribution in [0.2, 0.25) is 0 Å². The fraction of sp³-hybridized carbons (Fsp3) is 0.200. The van der Waals surface area contributed by atoms with Crippen LogP contribution in [0.5, 0.6) is 0 Å². The van der Waals surface area contributed by atoms with Crippen LogP contribution >= 0.6 is 0 Å². The average molecular weight is 332 g/mol. The van der Waals surface area contributed by atoms with Gasteiger partial charge in [-0.25, -0.2) is 8.42 Å². The van der Waals surface area contributed by atoms with E-state index in [0.717, 1.165) is 5.39 Å². The Morgan fingerprint density at radius 1 is 1.13 bits per heavy atom. The second-order valence-corrected chi connectivity index (χ2v) is 7.07. The fourth-order valence-electron chi connectivity index (χ4n) is 2.52. The highest BCUT2D eigenvalue weighted by Crippen LogP contribution is 2.23. The smallest absolute Gasteiger partial charge is 0.265 e. The number of nitrogens with zero attached hydrogens (tertiary/aromatic N) is 1. The van der Waals surface area contributed by atoms with Crippen molar-refractivity contribution in [3.63, 3.8) is 0 Å². The van der Waals surface area contributed by atoms with Crippen LogP contribution in [0.25, 0.3) is 10.9 Å². The third kappa shape index (κ3) is 2.72. The van der Waals surface area contributed by atoms with E-state index in [1.165, 1.54) is 0 Å². The quantitative estimate of drug-likeness (QED) is 0.681. The summed E-state index contributed by atoms with van der Waals surface area (Å²) < 4.78 is 27.6. The molecule has 2 aromatic heterocycles. The van der Waals surface area contributed by atoms with Gasteiger partial charge in [-0.15, -0.1) is 0 Å². The summed E-state index contributed by atoms with van der Waals surface area (Å²) in [6.07, 6.45) is 0. The normalized spacial score (nSPS) is 11.8. The summed E-state index contributed by atoms with van der Waals surface area (Å²) in [5.41, 5.74) is 2.23. The van der Waals surface area contributed by atoms with Crippen LogP contribution in [0.3, 0.4) is 0 Å². The van der Waals surface area contributed by atoms with Crippen LogP contribution in [0.4, 0.5) is 5.69 Å². The van der Waals surface area contributed by atoms with Crippen LogP contribution in [-0.2, 0) is 10.0 Å². The molecule has 0 aliphatic carbocycles. The van der Waals surface area contributed by atoms with Crippen LogP contribution in [-0.4, -0.2) is 23.6 Å². The molecule has 0 atom stereocenters. The zero-order valence-electron chi connectivity index (χ0n) is 12.9. The van der Waals surface area contributed by atoms with Gasteiger partial charge in [0.05, 0.1) is 22.6 Å². The number of pyridine rings is 1. The summed E-state index contributed by atoms with van der Waals surface area (Å²) in [7, 11) is -3.75. The van der Waals surface area contributed by atoms with E-state index in [1.807, 2.05) is 0 Å². The minimum Gasteiger partial charge on any atom is -0.322 e. The van der Waals surface area contributed by atoms with Crippen molar-refractivity contribution in [2.75, 3.05) is 4.72 Å². The summed E-state index contributed by atoms with van der Waals surface area (Å²) >= 11 is 0. The van der Waals surface area contributed by atoms with E-state index in [2.05, 4.69) is 19.9 Å². The van der Waals surface area contributed by atoms with Gasteiger partial charge in [0.1, 0.15) is 4.90 Å². The molecule has 0 amide bonds. The molecule has 23 heavy (non-hydrogen) atoms. The summed E-state index contributed by atoms with van der Waals surface area (Å²) in [5, 5.41) is 7.39. The van der Waals surface area contributed by atoms with E-state index in [0.29, 0.717) is 28.2 Å². The van der Waals surface area contributed by atoms with Crippen LogP contribution < -0.4 is 10.3 Å². The average Bonchev–Trinajstić information content (AvgIpc) is 2.80. The minimum absolute atomic E-state index is 0.134. The molecular weight excluding hydrogens is 316 g/mol. The van der Waals surface area contributed by atoms with Crippen molar-refractivity contribution in [1.82, 2.24) is 15.2 Å². The predicted molar refractivity (Wildman–Crippen MR) is 88.2 cm³/mol. The molecule has 3 N–H and O–H groups in total. The van der Waals surface area contributed by atoms with Crippen molar-refractivity contribution in [1.29, 1.82) is 0 Å². The molecule has 0 unspecified atom stereocenters. The van der Waals surface area contributed by atoms with Gasteiger partial charge < -0.3 is 4.98 Å². The standard InChI is InChI=1S/C15H16N4O3S/c1-8-6-11-4-5-12(7-13(11)16-15(8)20)19-23(21,22)14-9(2)17-18-10(14)3/h4-7,19H,1-3H3,(H,16,20)(H,17,18). The molecule has 3 rings (SSSR count). The van der Waals surface area contributed by atoms with Gasteiger partial charge in [0.15, 0.2) is 0 Å². The first-order chi connectivity index (χ1) is 10.8. The summed E-state index contributed by atoms with van der Waals surface area (Å²) in [6.45, 7) is 4.99. The van der Waals surface area contributed by atoms with Crippen molar-refractivity contribution < 1.29 is 8.42 Å². The van der Waals surface area contributed by atoms with Crippen molar-refractivity contribution in [2.24, 2.45) is 0 Å². The lowest BCUT2D eigenvalue weighted by molar-refractivity contribution is 0.600. The predicted octanol–water partition coefficient (Wildman–Crippen LogP) is 1.98. The first-order valence-electron chi connectivity index (χ1n) is 6.96. The van der Waals surface area contributed by atoms with Gasteiger partial charge in [-0.1, -0.05) is 6.07 Å². The maximum Gasteiger partial charge on any atom is 0.265 e. The number of nitrogens with one attached hydrogen (secondary N) is 3. The molecule has 120 valence electrons. The first-order valence-corrected chi connectivity index (χ1v) is 8.44. The Labute approximate surface area is 132 Å². The van der Waals surface area contributed by atoms with Crippen molar-refractivity contribution >= 4 is 26.6 Å². The molecule has 8 heteroatoms. The van der Waals surface area contributed by atoms with E-state index in [-0.39, 0.29) is 10.5 Å². The Balaban J connectivity index is 2.05. The number of sulfonamides is 1. The van der Waals surface area contributed by atoms with E-state index in [9.17, 15) is 13.2 Å². The lowest BCUT2D eigenvalue weighted by atomic mass is 10.1. The first kappa shape index (κ1) is 15.3. The highest BCUT2D eigenvalue weighted by atomic mass is 32.2. The molecule has 0 spiro atoms. The Bertz CT molecular complexity index is 1040. The minimum atomic E-state index is -3.75. The number of fused-ring (bicyclic) bond motifs is 1. The molecule has 0 saturated heterocycles. The number of benzene rings is 1. The number of aromatic amines is 2. The molecular formula is C15H16N4O3S. The van der Waals surface area contributed by atoms with Gasteiger partial charge in [0.25, 0.3) is 15.6 Å². The van der Waals surface area contributed by atoms with Gasteiger partial charge in [-0.3, -0.25) is 14.6 Å². The Morgan fingerprint density at radius 2 is 1.87 bits per heavy atom. The maximum atomic E-state index is 12.5. The third-order valence-corrected chi connectivity index (χ3v) is 5.26. The number of rotatable bonds is 3. The fourth-order valence-corrected chi connectivity index (χ4v) is 3.94. The molecule has 0 saturated carbocycles. The lowest BCUT2D eigenvalue weighted by Gasteiger charge is -2.09. The van der Waals surface area contributed by atoms with E-state index < -0.39 is 10.0 Å². The van der Waals surface area contributed by atoms with Crippen LogP contribution in [0.15, 0.2) is 34.0 Å². The number of aryl methyl sites for hydroxylation is 3. The maximum absolute atomic E-state index is 12.5. The van der Waals surface area contributed by atoms with Gasteiger partial charge in [0.2, 0.25) is 0 Å². The molecule has 2 heterocycles. The number of hydrogen-bond acceptors (Lipinski definition) is 4. The van der Waals surface area contributed by atoms with Gasteiger partial charge in [0, 0.05) is 5.56 Å². The summed E-state index contributed by atoms with van der Waals surface area (Å²) in [6, 6.07) is 6.77.